The van der Waals surface area contributed by atoms with Gasteiger partial charge in [0, 0.05) is 12.5 Å². The van der Waals surface area contributed by atoms with Crippen LogP contribution in [0.15, 0.2) is 0 Å². The van der Waals surface area contributed by atoms with Gasteiger partial charge in [-0.3, -0.25) is 0 Å². The summed E-state index contributed by atoms with van der Waals surface area (Å²) in [4.78, 5) is 0. The van der Waals surface area contributed by atoms with Crippen LogP contribution in [0.1, 0.15) is 44.9 Å². The minimum atomic E-state index is 0.398. The maximum Gasteiger partial charge on any atom is 0.225 e. The van der Waals surface area contributed by atoms with Gasteiger partial charge in [0.25, 0.3) is 0 Å². The molecule has 1 fully saturated rings. The van der Waals surface area contributed by atoms with Gasteiger partial charge in [-0.25, -0.2) is 0 Å². The largest absolute Gasteiger partial charge is 0.301 e. The van der Waals surface area contributed by atoms with Gasteiger partial charge in [0.15, 0.2) is 0 Å². The number of hydrogen-bond acceptors (Lipinski definition) is 2. The minimum absolute atomic E-state index is 0.398. The van der Waals surface area contributed by atoms with Crippen LogP contribution < -0.4 is 0 Å². The summed E-state index contributed by atoms with van der Waals surface area (Å²) in [5, 5.41) is 8.58. The first-order valence-electron chi connectivity index (χ1n) is 5.27. The summed E-state index contributed by atoms with van der Waals surface area (Å²) in [6, 6.07) is 0. The first kappa shape index (κ1) is 9.97. The van der Waals surface area contributed by atoms with Crippen molar-refractivity contribution in [2.75, 3.05) is 0 Å². The Balaban J connectivity index is 2.16. The zero-order chi connectivity index (χ0) is 10.1. The van der Waals surface area contributed by atoms with Gasteiger partial charge in [0.05, 0.1) is 0 Å². The summed E-state index contributed by atoms with van der Waals surface area (Å²) >= 11 is 6.00. The molecule has 0 bridgehead atoms. The van der Waals surface area contributed by atoms with E-state index in [0.29, 0.717) is 11.2 Å². The van der Waals surface area contributed by atoms with Crippen LogP contribution in [0, 0.1) is 5.92 Å². The maximum atomic E-state index is 6.00. The molecule has 1 aromatic rings. The quantitative estimate of drug-likeness (QED) is 0.773. The highest BCUT2D eigenvalue weighted by Crippen LogP contribution is 2.30. The molecule has 0 saturated heterocycles. The summed E-state index contributed by atoms with van der Waals surface area (Å²) in [7, 11) is 0. The van der Waals surface area contributed by atoms with Crippen molar-refractivity contribution in [3.8, 4) is 0 Å². The molecule has 0 radical (unpaired) electrons. The lowest BCUT2D eigenvalue weighted by Crippen LogP contribution is -2.20. The van der Waals surface area contributed by atoms with Crippen molar-refractivity contribution in [3.05, 3.63) is 11.1 Å². The van der Waals surface area contributed by atoms with E-state index in [4.69, 9.17) is 11.6 Å². The molecule has 14 heavy (non-hydrogen) atoms. The van der Waals surface area contributed by atoms with Crippen LogP contribution >= 0.6 is 11.6 Å². The van der Waals surface area contributed by atoms with Gasteiger partial charge in [-0.2, -0.15) is 0 Å². The summed E-state index contributed by atoms with van der Waals surface area (Å²) in [5.41, 5.74) is 0. The summed E-state index contributed by atoms with van der Waals surface area (Å²) in [5.74, 6) is 2.21. The fraction of sp³-hybridized carbons (Fsp3) is 0.800. The molecule has 3 nitrogen and oxygen atoms in total. The molecule has 0 aromatic carbocycles. The molecule has 1 aromatic heterocycles. The molecule has 4 heteroatoms. The van der Waals surface area contributed by atoms with Crippen molar-refractivity contribution >= 4 is 11.6 Å². The molecule has 1 saturated carbocycles. The zero-order valence-electron chi connectivity index (χ0n) is 8.70. The van der Waals surface area contributed by atoms with E-state index in [-0.39, 0.29) is 0 Å². The first-order chi connectivity index (χ1) is 6.68. The molecule has 0 spiro atoms. The zero-order valence-corrected chi connectivity index (χ0v) is 9.46. The molecule has 1 heterocycles. The van der Waals surface area contributed by atoms with E-state index in [9.17, 15) is 0 Å². The highest BCUT2D eigenvalue weighted by molar-refractivity contribution is 6.28. The van der Waals surface area contributed by atoms with Crippen molar-refractivity contribution in [1.82, 2.24) is 14.8 Å². The van der Waals surface area contributed by atoms with Crippen molar-refractivity contribution in [3.63, 3.8) is 0 Å². The molecule has 78 valence electrons. The van der Waals surface area contributed by atoms with Crippen LogP contribution in [-0.2, 0) is 6.54 Å². The molecule has 0 aliphatic heterocycles. The highest BCUT2D eigenvalue weighted by atomic mass is 35.5. The lowest BCUT2D eigenvalue weighted by Gasteiger charge is -2.26. The summed E-state index contributed by atoms with van der Waals surface area (Å²) in [6.07, 6.45) is 4.01. The van der Waals surface area contributed by atoms with Crippen LogP contribution in [0.4, 0.5) is 0 Å². The van der Waals surface area contributed by atoms with Gasteiger partial charge in [0.2, 0.25) is 5.28 Å². The smallest absolute Gasteiger partial charge is 0.225 e. The number of hydrogen-bond donors (Lipinski definition) is 0. The average molecular weight is 214 g/mol. The minimum Gasteiger partial charge on any atom is -0.301 e. The number of nitrogens with zero attached hydrogens (tertiary/aromatic N) is 3. The molecule has 2 rings (SSSR count). The molecule has 0 amide bonds. The predicted molar refractivity (Wildman–Crippen MR) is 56.5 cm³/mol. The van der Waals surface area contributed by atoms with Gasteiger partial charge in [0.1, 0.15) is 5.82 Å². The van der Waals surface area contributed by atoms with Gasteiger partial charge in [-0.05, 0) is 30.4 Å². The average Bonchev–Trinajstić information content (AvgIpc) is 2.40. The Labute approximate surface area is 89.5 Å². The molecular formula is C10H16ClN3. The molecule has 0 atom stereocenters. The monoisotopic (exact) mass is 213 g/mol. The molecule has 0 unspecified atom stereocenters. The Morgan fingerprint density at radius 1 is 1.43 bits per heavy atom. The topological polar surface area (TPSA) is 30.7 Å². The van der Waals surface area contributed by atoms with Crippen molar-refractivity contribution in [2.24, 2.45) is 5.92 Å². The van der Waals surface area contributed by atoms with E-state index >= 15 is 0 Å². The van der Waals surface area contributed by atoms with Gasteiger partial charge in [-0.15, -0.1) is 10.2 Å². The predicted octanol–water partition coefficient (Wildman–Crippen LogP) is 2.86. The van der Waals surface area contributed by atoms with Crippen LogP contribution in [0.5, 0.6) is 0 Å². The van der Waals surface area contributed by atoms with Crippen molar-refractivity contribution < 1.29 is 0 Å². The van der Waals surface area contributed by atoms with Crippen LogP contribution in [0.3, 0.4) is 0 Å². The fourth-order valence-corrected chi connectivity index (χ4v) is 2.02. The third-order valence-corrected chi connectivity index (χ3v) is 3.20. The van der Waals surface area contributed by atoms with Gasteiger partial charge < -0.3 is 4.57 Å². The van der Waals surface area contributed by atoms with Gasteiger partial charge >= 0.3 is 0 Å². The lowest BCUT2D eigenvalue weighted by molar-refractivity contribution is 0.273. The van der Waals surface area contributed by atoms with E-state index in [1.807, 2.05) is 0 Å². The second-order valence-corrected chi connectivity index (χ2v) is 4.73. The van der Waals surface area contributed by atoms with E-state index < -0.39 is 0 Å². The van der Waals surface area contributed by atoms with E-state index in [1.54, 1.807) is 0 Å². The Morgan fingerprint density at radius 3 is 2.64 bits per heavy atom. The molecular weight excluding hydrogens is 198 g/mol. The fourth-order valence-electron chi connectivity index (χ4n) is 1.82. The summed E-state index contributed by atoms with van der Waals surface area (Å²) < 4.78 is 2.07. The maximum absolute atomic E-state index is 6.00. The Kier molecular flexibility index (Phi) is 2.77. The second kappa shape index (κ2) is 3.89. The number of halogens is 1. The Bertz CT molecular complexity index is 315. The van der Waals surface area contributed by atoms with Gasteiger partial charge in [-0.1, -0.05) is 20.3 Å². The standard InChI is InChI=1S/C10H16ClN3/c1-7(2)9-12-13-10(11)14(9)6-8-4-3-5-8/h7-8H,3-6H2,1-2H3. The van der Waals surface area contributed by atoms with Crippen molar-refractivity contribution in [1.29, 1.82) is 0 Å². The van der Waals surface area contributed by atoms with Crippen molar-refractivity contribution in [2.45, 2.75) is 45.6 Å². The van der Waals surface area contributed by atoms with E-state index in [0.717, 1.165) is 18.3 Å². The lowest BCUT2D eigenvalue weighted by atomic mass is 9.85. The molecule has 1 aliphatic carbocycles. The number of aromatic nitrogens is 3. The third kappa shape index (κ3) is 1.78. The van der Waals surface area contributed by atoms with Crippen LogP contribution in [0.25, 0.3) is 0 Å². The van der Waals surface area contributed by atoms with E-state index in [2.05, 4.69) is 28.6 Å². The Morgan fingerprint density at radius 2 is 2.14 bits per heavy atom. The van der Waals surface area contributed by atoms with Crippen LogP contribution in [0.2, 0.25) is 5.28 Å². The second-order valence-electron chi connectivity index (χ2n) is 4.39. The van der Waals surface area contributed by atoms with Crippen LogP contribution in [-0.4, -0.2) is 14.8 Å². The molecule has 0 N–H and O–H groups in total. The molecule has 1 aliphatic rings. The highest BCUT2D eigenvalue weighted by Gasteiger charge is 2.22. The van der Waals surface area contributed by atoms with E-state index in [1.165, 1.54) is 19.3 Å². The number of rotatable bonds is 3. The normalized spacial score (nSPS) is 17.4. The SMILES string of the molecule is CC(C)c1nnc(Cl)n1CC1CCC1. The third-order valence-electron chi connectivity index (χ3n) is 2.92. The summed E-state index contributed by atoms with van der Waals surface area (Å²) in [6.45, 7) is 5.24. The Hall–Kier alpha value is -0.570. The first-order valence-corrected chi connectivity index (χ1v) is 5.65.